The number of nitrogens with one attached hydrogen (secondary N) is 1. The van der Waals surface area contributed by atoms with Crippen molar-refractivity contribution in [2.45, 2.75) is 37.6 Å². The predicted molar refractivity (Wildman–Crippen MR) is 82.3 cm³/mol. The summed E-state index contributed by atoms with van der Waals surface area (Å²) < 4.78 is 6.74. The van der Waals surface area contributed by atoms with Crippen LogP contribution in [-0.2, 0) is 21.4 Å². The van der Waals surface area contributed by atoms with E-state index in [1.165, 1.54) is 7.11 Å². The molecule has 0 aliphatic heterocycles. The first-order valence-electron chi connectivity index (χ1n) is 8.45. The fourth-order valence-corrected chi connectivity index (χ4v) is 4.73. The van der Waals surface area contributed by atoms with Gasteiger partial charge in [-0.15, -0.1) is 0 Å². The summed E-state index contributed by atoms with van der Waals surface area (Å²) >= 11 is 0. The van der Waals surface area contributed by atoms with E-state index >= 15 is 0 Å². The third kappa shape index (κ3) is 2.44. The lowest BCUT2D eigenvalue weighted by molar-refractivity contribution is -0.148. The lowest BCUT2D eigenvalue weighted by atomic mass is 9.84. The van der Waals surface area contributed by atoms with Crippen molar-refractivity contribution < 1.29 is 14.3 Å². The third-order valence-electron chi connectivity index (χ3n) is 5.98. The number of esters is 1. The summed E-state index contributed by atoms with van der Waals surface area (Å²) in [5.74, 6) is 0.885. The van der Waals surface area contributed by atoms with Gasteiger partial charge in [-0.25, -0.2) is 0 Å². The van der Waals surface area contributed by atoms with Crippen LogP contribution in [0.25, 0.3) is 0 Å². The molecule has 3 saturated carbocycles. The SMILES string of the molecule is COC(=O)[C@@H]1[C@H]2CC[C@@H](C2)[C@@H]1NC(=O)[C@@H]1C[C@H]1c1cnn(C)c1. The van der Waals surface area contributed by atoms with Crippen molar-refractivity contribution in [3.8, 4) is 0 Å². The standard InChI is InChI=1S/C17H23N3O3/c1-20-8-11(7-18-20)12-6-13(12)16(21)19-15-10-4-3-9(5-10)14(15)17(22)23-2/h7-10,12-15H,3-6H2,1-2H3,(H,19,21)/t9-,10-,12-,13+,14+,15-/m0/s1. The van der Waals surface area contributed by atoms with Crippen LogP contribution >= 0.6 is 0 Å². The Labute approximate surface area is 135 Å². The fourth-order valence-electron chi connectivity index (χ4n) is 4.73. The van der Waals surface area contributed by atoms with Crippen molar-refractivity contribution in [3.05, 3.63) is 18.0 Å². The number of aromatic nitrogens is 2. The molecule has 4 rings (SSSR count). The number of hydrogen-bond acceptors (Lipinski definition) is 4. The van der Waals surface area contributed by atoms with E-state index < -0.39 is 0 Å². The number of amides is 1. The van der Waals surface area contributed by atoms with Crippen LogP contribution in [0.2, 0.25) is 0 Å². The maximum atomic E-state index is 12.6. The Bertz CT molecular complexity index is 641. The van der Waals surface area contributed by atoms with Gasteiger partial charge in [0, 0.05) is 25.2 Å². The van der Waals surface area contributed by atoms with Crippen molar-refractivity contribution in [1.82, 2.24) is 15.1 Å². The highest BCUT2D eigenvalue weighted by atomic mass is 16.5. The molecule has 0 spiro atoms. The van der Waals surface area contributed by atoms with Gasteiger partial charge in [-0.2, -0.15) is 5.10 Å². The first kappa shape index (κ1) is 14.7. The van der Waals surface area contributed by atoms with Crippen LogP contribution in [0, 0.1) is 23.7 Å². The van der Waals surface area contributed by atoms with Gasteiger partial charge in [0.2, 0.25) is 5.91 Å². The summed E-state index contributed by atoms with van der Waals surface area (Å²) in [6.45, 7) is 0. The Morgan fingerprint density at radius 1 is 1.30 bits per heavy atom. The molecule has 3 aliphatic rings. The molecular weight excluding hydrogens is 294 g/mol. The van der Waals surface area contributed by atoms with Crippen LogP contribution in [0.1, 0.15) is 37.2 Å². The molecule has 0 saturated heterocycles. The number of fused-ring (bicyclic) bond motifs is 2. The van der Waals surface area contributed by atoms with E-state index in [0.717, 1.165) is 31.2 Å². The quantitative estimate of drug-likeness (QED) is 0.848. The van der Waals surface area contributed by atoms with Gasteiger partial charge in [0.15, 0.2) is 0 Å². The highest BCUT2D eigenvalue weighted by molar-refractivity contribution is 5.84. The minimum atomic E-state index is -0.165. The van der Waals surface area contributed by atoms with Gasteiger partial charge in [0.25, 0.3) is 0 Å². The molecule has 0 unspecified atom stereocenters. The first-order chi connectivity index (χ1) is 11.1. The zero-order chi connectivity index (χ0) is 16.1. The Kier molecular flexibility index (Phi) is 3.43. The summed E-state index contributed by atoms with van der Waals surface area (Å²) in [7, 11) is 3.32. The topological polar surface area (TPSA) is 73.2 Å². The average Bonchev–Trinajstić information content (AvgIpc) is 2.86. The molecule has 1 amide bonds. The van der Waals surface area contributed by atoms with Crippen LogP contribution in [0.3, 0.4) is 0 Å². The highest BCUT2D eigenvalue weighted by Crippen LogP contribution is 2.51. The normalized spacial score (nSPS) is 37.7. The molecule has 23 heavy (non-hydrogen) atoms. The van der Waals surface area contributed by atoms with E-state index in [1.54, 1.807) is 4.68 Å². The van der Waals surface area contributed by atoms with Crippen LogP contribution in [0.5, 0.6) is 0 Å². The smallest absolute Gasteiger partial charge is 0.311 e. The molecule has 3 aliphatic carbocycles. The summed E-state index contributed by atoms with van der Waals surface area (Å²) in [6.07, 6.45) is 7.93. The Balaban J connectivity index is 1.42. The molecule has 0 radical (unpaired) electrons. The van der Waals surface area contributed by atoms with Gasteiger partial charge in [-0.3, -0.25) is 14.3 Å². The molecule has 1 N–H and O–H groups in total. The van der Waals surface area contributed by atoms with E-state index in [9.17, 15) is 9.59 Å². The molecule has 2 bridgehead atoms. The van der Waals surface area contributed by atoms with Gasteiger partial charge in [-0.1, -0.05) is 0 Å². The Hall–Kier alpha value is -1.85. The lowest BCUT2D eigenvalue weighted by Crippen LogP contribution is -2.47. The lowest BCUT2D eigenvalue weighted by Gasteiger charge is -2.29. The molecule has 3 fully saturated rings. The summed E-state index contributed by atoms with van der Waals surface area (Å²) in [5, 5.41) is 7.35. The van der Waals surface area contributed by atoms with Crippen LogP contribution < -0.4 is 5.32 Å². The van der Waals surface area contributed by atoms with Crippen molar-refractivity contribution in [3.63, 3.8) is 0 Å². The molecule has 6 heteroatoms. The van der Waals surface area contributed by atoms with Crippen LogP contribution in [-0.4, -0.2) is 34.8 Å². The summed E-state index contributed by atoms with van der Waals surface area (Å²) in [5.41, 5.74) is 1.13. The Morgan fingerprint density at radius 2 is 2.09 bits per heavy atom. The average molecular weight is 317 g/mol. The number of ether oxygens (including phenoxy) is 1. The van der Waals surface area contributed by atoms with E-state index in [1.807, 2.05) is 19.4 Å². The van der Waals surface area contributed by atoms with Crippen molar-refractivity contribution in [1.29, 1.82) is 0 Å². The number of carbonyl (C=O) groups is 2. The second-order valence-electron chi connectivity index (χ2n) is 7.31. The van der Waals surface area contributed by atoms with E-state index in [2.05, 4.69) is 10.4 Å². The minimum absolute atomic E-state index is 0.0247. The van der Waals surface area contributed by atoms with E-state index in [-0.39, 0.29) is 35.7 Å². The molecule has 6 nitrogen and oxygen atoms in total. The maximum absolute atomic E-state index is 12.6. The van der Waals surface area contributed by atoms with E-state index in [4.69, 9.17) is 4.74 Å². The zero-order valence-electron chi connectivity index (χ0n) is 13.6. The number of methoxy groups -OCH3 is 1. The van der Waals surface area contributed by atoms with Crippen molar-refractivity contribution >= 4 is 11.9 Å². The van der Waals surface area contributed by atoms with Gasteiger partial charge >= 0.3 is 5.97 Å². The monoisotopic (exact) mass is 317 g/mol. The Morgan fingerprint density at radius 3 is 2.78 bits per heavy atom. The second-order valence-corrected chi connectivity index (χ2v) is 7.31. The molecule has 1 aromatic heterocycles. The molecule has 6 atom stereocenters. The minimum Gasteiger partial charge on any atom is -0.469 e. The summed E-state index contributed by atoms with van der Waals surface area (Å²) in [6, 6.07) is -0.0381. The third-order valence-corrected chi connectivity index (χ3v) is 5.98. The van der Waals surface area contributed by atoms with Crippen molar-refractivity contribution in [2.75, 3.05) is 7.11 Å². The molecule has 1 heterocycles. The predicted octanol–water partition coefficient (Wildman–Crippen LogP) is 1.23. The zero-order valence-corrected chi connectivity index (χ0v) is 13.6. The van der Waals surface area contributed by atoms with Crippen molar-refractivity contribution in [2.24, 2.45) is 30.7 Å². The molecular formula is C17H23N3O3. The van der Waals surface area contributed by atoms with Gasteiger partial charge in [-0.05, 0) is 49.0 Å². The van der Waals surface area contributed by atoms with Crippen LogP contribution in [0.15, 0.2) is 12.4 Å². The summed E-state index contributed by atoms with van der Waals surface area (Å²) in [4.78, 5) is 24.7. The largest absolute Gasteiger partial charge is 0.469 e. The molecule has 0 aromatic carbocycles. The number of rotatable bonds is 4. The number of hydrogen-bond donors (Lipinski definition) is 1. The number of carbonyl (C=O) groups excluding carboxylic acids is 2. The molecule has 1 aromatic rings. The number of nitrogens with zero attached hydrogens (tertiary/aromatic N) is 2. The fraction of sp³-hybridized carbons (Fsp3) is 0.706. The maximum Gasteiger partial charge on any atom is 0.311 e. The van der Waals surface area contributed by atoms with E-state index in [0.29, 0.717) is 11.8 Å². The van der Waals surface area contributed by atoms with Gasteiger partial charge in [0.05, 0.1) is 19.2 Å². The first-order valence-corrected chi connectivity index (χ1v) is 8.45. The van der Waals surface area contributed by atoms with Gasteiger partial charge in [0.1, 0.15) is 0 Å². The second kappa shape index (κ2) is 5.35. The molecule has 124 valence electrons. The number of aryl methyl sites for hydroxylation is 1. The highest BCUT2D eigenvalue weighted by Gasteiger charge is 2.53. The van der Waals surface area contributed by atoms with Gasteiger partial charge < -0.3 is 10.1 Å². The van der Waals surface area contributed by atoms with Crippen LogP contribution in [0.4, 0.5) is 0 Å².